The van der Waals surface area contributed by atoms with Crippen LogP contribution in [0.4, 0.5) is 0 Å². The number of hydrogen-bond acceptors (Lipinski definition) is 3. The van der Waals surface area contributed by atoms with Crippen LogP contribution in [0.25, 0.3) is 22.2 Å². The summed E-state index contributed by atoms with van der Waals surface area (Å²) in [4.78, 5) is 7.24. The van der Waals surface area contributed by atoms with Crippen molar-refractivity contribution in [3.63, 3.8) is 0 Å². The Morgan fingerprint density at radius 2 is 1.56 bits per heavy atom. The van der Waals surface area contributed by atoms with Gasteiger partial charge in [0.1, 0.15) is 0 Å². The Morgan fingerprint density at radius 1 is 0.938 bits per heavy atom. The van der Waals surface area contributed by atoms with Crippen LogP contribution in [0.1, 0.15) is 56.8 Å². The van der Waals surface area contributed by atoms with E-state index in [4.69, 9.17) is 39.8 Å². The quantitative estimate of drug-likeness (QED) is 0.310. The van der Waals surface area contributed by atoms with Crippen LogP contribution in [-0.2, 0) is 0 Å². The van der Waals surface area contributed by atoms with E-state index in [1.165, 1.54) is 0 Å². The number of halogens is 3. The van der Waals surface area contributed by atoms with Gasteiger partial charge in [-0.25, -0.2) is 4.98 Å². The molecule has 0 fully saturated rings. The maximum atomic E-state index is 11.5. The number of fused-ring (bicyclic) bond motifs is 1. The maximum absolute atomic E-state index is 11.5. The Labute approximate surface area is 206 Å². The van der Waals surface area contributed by atoms with Crippen LogP contribution in [0.2, 0.25) is 15.1 Å². The zero-order valence-corrected chi connectivity index (χ0v) is 21.2. The summed E-state index contributed by atoms with van der Waals surface area (Å²) in [5, 5.41) is 14.0. The smallest absolute Gasteiger partial charge is 0.0926 e. The Bertz CT molecular complexity index is 1050. The molecule has 3 aromatic rings. The number of pyridine rings is 1. The van der Waals surface area contributed by atoms with Crippen molar-refractivity contribution in [3.05, 3.63) is 62.6 Å². The van der Waals surface area contributed by atoms with Gasteiger partial charge >= 0.3 is 0 Å². The van der Waals surface area contributed by atoms with E-state index in [1.54, 1.807) is 6.07 Å². The first-order valence-electron chi connectivity index (χ1n) is 11.3. The molecule has 1 aromatic heterocycles. The van der Waals surface area contributed by atoms with E-state index in [-0.39, 0.29) is 0 Å². The molecule has 2 aromatic carbocycles. The number of rotatable bonds is 10. The second-order valence-electron chi connectivity index (χ2n) is 8.31. The van der Waals surface area contributed by atoms with Crippen LogP contribution in [0, 0.1) is 6.92 Å². The monoisotopic (exact) mass is 492 g/mol. The standard InChI is InChI=1S/C26H31Cl3N2O/c1-4-6-12-31(13-7-5-2)16-23(32)24-17(3)25(18-8-10-19(27)11-9-18)30-26-21(24)14-20(28)15-22(26)29/h8-11,14-15,23,32H,4-7,12-13,16H2,1-3H3. The van der Waals surface area contributed by atoms with Crippen molar-refractivity contribution in [3.8, 4) is 11.3 Å². The molecular weight excluding hydrogens is 463 g/mol. The van der Waals surface area contributed by atoms with Gasteiger partial charge in [0.15, 0.2) is 0 Å². The summed E-state index contributed by atoms with van der Waals surface area (Å²) in [7, 11) is 0. The molecule has 0 saturated carbocycles. The highest BCUT2D eigenvalue weighted by molar-refractivity contribution is 6.38. The summed E-state index contributed by atoms with van der Waals surface area (Å²) in [5.74, 6) is 0. The molecule has 3 rings (SSSR count). The molecule has 1 N–H and O–H groups in total. The van der Waals surface area contributed by atoms with Crippen molar-refractivity contribution >= 4 is 45.7 Å². The Morgan fingerprint density at radius 3 is 2.16 bits per heavy atom. The van der Waals surface area contributed by atoms with E-state index >= 15 is 0 Å². The number of aliphatic hydroxyl groups excluding tert-OH is 1. The molecule has 0 saturated heterocycles. The fourth-order valence-corrected chi connectivity index (χ4v) is 4.78. The van der Waals surface area contributed by atoms with Gasteiger partial charge < -0.3 is 10.0 Å². The fourth-order valence-electron chi connectivity index (χ4n) is 4.12. The number of unbranched alkanes of at least 4 members (excludes halogenated alkanes) is 2. The zero-order chi connectivity index (χ0) is 23.3. The minimum absolute atomic E-state index is 0.477. The van der Waals surface area contributed by atoms with E-state index < -0.39 is 6.10 Å². The van der Waals surface area contributed by atoms with Crippen molar-refractivity contribution in [2.75, 3.05) is 19.6 Å². The summed E-state index contributed by atoms with van der Waals surface area (Å²) in [5.41, 5.74) is 4.14. The summed E-state index contributed by atoms with van der Waals surface area (Å²) < 4.78 is 0. The molecule has 0 spiro atoms. The SMILES string of the molecule is CCCCN(CCCC)CC(O)c1c(C)c(-c2ccc(Cl)cc2)nc2c(Cl)cc(Cl)cc12. The summed E-state index contributed by atoms with van der Waals surface area (Å²) in [6, 6.07) is 11.1. The van der Waals surface area contributed by atoms with Crippen LogP contribution in [-0.4, -0.2) is 34.6 Å². The summed E-state index contributed by atoms with van der Waals surface area (Å²) in [6.45, 7) is 8.90. The molecule has 0 aliphatic heterocycles. The van der Waals surface area contributed by atoms with Gasteiger partial charge in [0, 0.05) is 27.5 Å². The third-order valence-corrected chi connectivity index (χ3v) is 6.60. The third-order valence-electron chi connectivity index (χ3n) is 5.84. The summed E-state index contributed by atoms with van der Waals surface area (Å²) >= 11 is 19.0. The van der Waals surface area contributed by atoms with E-state index in [2.05, 4.69) is 18.7 Å². The van der Waals surface area contributed by atoms with Crippen molar-refractivity contribution in [2.45, 2.75) is 52.6 Å². The molecule has 1 atom stereocenters. The van der Waals surface area contributed by atoms with Crippen LogP contribution in [0.15, 0.2) is 36.4 Å². The fraction of sp³-hybridized carbons (Fsp3) is 0.423. The minimum Gasteiger partial charge on any atom is -0.387 e. The van der Waals surface area contributed by atoms with Crippen molar-refractivity contribution in [1.29, 1.82) is 0 Å². The molecule has 1 unspecified atom stereocenters. The van der Waals surface area contributed by atoms with E-state index in [0.717, 1.165) is 66.5 Å². The lowest BCUT2D eigenvalue weighted by atomic mass is 9.94. The van der Waals surface area contributed by atoms with Gasteiger partial charge in [0.05, 0.1) is 22.3 Å². The lowest BCUT2D eigenvalue weighted by Crippen LogP contribution is -2.31. The van der Waals surface area contributed by atoms with Crippen molar-refractivity contribution in [2.24, 2.45) is 0 Å². The van der Waals surface area contributed by atoms with Crippen LogP contribution in [0.5, 0.6) is 0 Å². The number of benzene rings is 2. The highest BCUT2D eigenvalue weighted by Gasteiger charge is 2.23. The number of nitrogens with zero attached hydrogens (tertiary/aromatic N) is 2. The van der Waals surface area contributed by atoms with Gasteiger partial charge in [0.2, 0.25) is 0 Å². The lowest BCUT2D eigenvalue weighted by Gasteiger charge is -2.27. The number of aliphatic hydroxyl groups is 1. The van der Waals surface area contributed by atoms with Crippen LogP contribution < -0.4 is 0 Å². The third kappa shape index (κ3) is 5.95. The molecule has 172 valence electrons. The molecule has 0 bridgehead atoms. The molecular formula is C26H31Cl3N2O. The molecule has 3 nitrogen and oxygen atoms in total. The van der Waals surface area contributed by atoms with Gasteiger partial charge in [-0.3, -0.25) is 0 Å². The first-order chi connectivity index (χ1) is 15.3. The zero-order valence-electron chi connectivity index (χ0n) is 19.0. The van der Waals surface area contributed by atoms with E-state index in [9.17, 15) is 5.11 Å². The van der Waals surface area contributed by atoms with Crippen LogP contribution in [0.3, 0.4) is 0 Å². The van der Waals surface area contributed by atoms with Gasteiger partial charge in [-0.2, -0.15) is 0 Å². The molecule has 0 aliphatic rings. The molecule has 6 heteroatoms. The Balaban J connectivity index is 2.12. The van der Waals surface area contributed by atoms with Gasteiger partial charge in [-0.1, -0.05) is 73.6 Å². The topological polar surface area (TPSA) is 36.4 Å². The second-order valence-corrected chi connectivity index (χ2v) is 9.59. The first kappa shape index (κ1) is 25.3. The maximum Gasteiger partial charge on any atom is 0.0926 e. The van der Waals surface area contributed by atoms with Crippen molar-refractivity contribution < 1.29 is 5.11 Å². The summed E-state index contributed by atoms with van der Waals surface area (Å²) in [6.07, 6.45) is 3.79. The van der Waals surface area contributed by atoms with Crippen LogP contribution >= 0.6 is 34.8 Å². The normalized spacial score (nSPS) is 12.6. The largest absolute Gasteiger partial charge is 0.387 e. The predicted molar refractivity (Wildman–Crippen MR) is 138 cm³/mol. The molecule has 0 radical (unpaired) electrons. The molecule has 1 heterocycles. The lowest BCUT2D eigenvalue weighted by molar-refractivity contribution is 0.112. The highest BCUT2D eigenvalue weighted by atomic mass is 35.5. The van der Waals surface area contributed by atoms with Gasteiger partial charge in [0.25, 0.3) is 0 Å². The predicted octanol–water partition coefficient (Wildman–Crippen LogP) is 8.11. The number of aromatic nitrogens is 1. The molecule has 32 heavy (non-hydrogen) atoms. The second kappa shape index (κ2) is 11.7. The van der Waals surface area contributed by atoms with Gasteiger partial charge in [-0.05, 0) is 68.2 Å². The Kier molecular flexibility index (Phi) is 9.22. The van der Waals surface area contributed by atoms with Gasteiger partial charge in [-0.15, -0.1) is 0 Å². The van der Waals surface area contributed by atoms with E-state index in [1.807, 2.05) is 37.3 Å². The highest BCUT2D eigenvalue weighted by Crippen LogP contribution is 2.38. The average Bonchev–Trinajstić information content (AvgIpc) is 2.75. The molecule has 0 aliphatic carbocycles. The van der Waals surface area contributed by atoms with Crippen molar-refractivity contribution in [1.82, 2.24) is 9.88 Å². The minimum atomic E-state index is -0.685. The van der Waals surface area contributed by atoms with E-state index in [0.29, 0.717) is 27.1 Å². The first-order valence-corrected chi connectivity index (χ1v) is 12.4. The Hall–Kier alpha value is -1.36. The number of hydrogen-bond donors (Lipinski definition) is 1. The molecule has 0 amide bonds. The average molecular weight is 494 g/mol.